The maximum atomic E-state index is 13.1. The second-order valence-corrected chi connectivity index (χ2v) is 8.93. The highest BCUT2D eigenvalue weighted by Gasteiger charge is 2.18. The van der Waals surface area contributed by atoms with E-state index in [-0.39, 0.29) is 15.8 Å². The number of nitrogens with zero attached hydrogens (tertiary/aromatic N) is 1. The highest BCUT2D eigenvalue weighted by molar-refractivity contribution is 7.93. The summed E-state index contributed by atoms with van der Waals surface area (Å²) in [5.41, 5.74) is 1.37. The van der Waals surface area contributed by atoms with Crippen molar-refractivity contribution in [3.05, 3.63) is 77.4 Å². The van der Waals surface area contributed by atoms with Crippen molar-refractivity contribution in [3.63, 3.8) is 0 Å². The van der Waals surface area contributed by atoms with Gasteiger partial charge in [0.1, 0.15) is 5.82 Å². The number of aromatic nitrogens is 1. The summed E-state index contributed by atoms with van der Waals surface area (Å²) in [5, 5.41) is 2.10. The van der Waals surface area contributed by atoms with Crippen molar-refractivity contribution in [1.82, 2.24) is 4.98 Å². The third kappa shape index (κ3) is 3.56. The molecule has 0 aliphatic heterocycles. The van der Waals surface area contributed by atoms with Crippen LogP contribution in [-0.4, -0.2) is 13.4 Å². The number of hydrogen-bond acceptors (Lipinski definition) is 4. The van der Waals surface area contributed by atoms with E-state index in [4.69, 9.17) is 0 Å². The van der Waals surface area contributed by atoms with E-state index in [1.807, 2.05) is 31.2 Å². The first-order valence-electron chi connectivity index (χ1n) is 8.17. The van der Waals surface area contributed by atoms with Gasteiger partial charge in [-0.3, -0.25) is 4.72 Å². The zero-order valence-electron chi connectivity index (χ0n) is 14.3. The Morgan fingerprint density at radius 2 is 1.67 bits per heavy atom. The first kappa shape index (κ1) is 17.6. The highest BCUT2D eigenvalue weighted by Crippen LogP contribution is 2.32. The predicted molar refractivity (Wildman–Crippen MR) is 107 cm³/mol. The molecule has 0 radical (unpaired) electrons. The summed E-state index contributed by atoms with van der Waals surface area (Å²) in [7, 11) is -3.76. The number of fused-ring (bicyclic) bond motifs is 1. The Bertz CT molecular complexity index is 1230. The van der Waals surface area contributed by atoms with Gasteiger partial charge in [0.2, 0.25) is 0 Å². The number of anilines is 1. The van der Waals surface area contributed by atoms with Crippen LogP contribution in [0.25, 0.3) is 22.0 Å². The van der Waals surface area contributed by atoms with E-state index in [9.17, 15) is 12.8 Å². The number of rotatable bonds is 4. The zero-order valence-corrected chi connectivity index (χ0v) is 15.9. The number of thiazole rings is 1. The van der Waals surface area contributed by atoms with E-state index in [1.165, 1.54) is 23.5 Å². The van der Waals surface area contributed by atoms with Crippen molar-refractivity contribution < 1.29 is 12.8 Å². The molecule has 7 heteroatoms. The zero-order chi connectivity index (χ0) is 19.0. The van der Waals surface area contributed by atoms with Gasteiger partial charge in [-0.2, -0.15) is 0 Å². The Morgan fingerprint density at radius 3 is 2.41 bits per heavy atom. The minimum absolute atomic E-state index is 0.178. The molecule has 1 aromatic heterocycles. The molecule has 4 nitrogen and oxygen atoms in total. The summed E-state index contributed by atoms with van der Waals surface area (Å²) in [6.45, 7) is 1.85. The fourth-order valence-electron chi connectivity index (χ4n) is 2.82. The van der Waals surface area contributed by atoms with Crippen molar-refractivity contribution in [1.29, 1.82) is 0 Å². The van der Waals surface area contributed by atoms with Crippen LogP contribution in [-0.2, 0) is 10.0 Å². The lowest BCUT2D eigenvalue weighted by Crippen LogP contribution is -2.12. The van der Waals surface area contributed by atoms with Gasteiger partial charge in [-0.25, -0.2) is 17.8 Å². The smallest absolute Gasteiger partial charge is 0.255 e. The molecule has 0 amide bonds. The molecule has 4 aromatic rings. The van der Waals surface area contributed by atoms with Gasteiger partial charge in [0.05, 0.1) is 10.6 Å². The van der Waals surface area contributed by atoms with Crippen LogP contribution in [0.15, 0.2) is 71.6 Å². The highest BCUT2D eigenvalue weighted by atomic mass is 32.2. The lowest BCUT2D eigenvalue weighted by molar-refractivity contribution is 0.601. The molecule has 0 bridgehead atoms. The van der Waals surface area contributed by atoms with Crippen molar-refractivity contribution in [2.75, 3.05) is 4.72 Å². The molecule has 1 heterocycles. The topological polar surface area (TPSA) is 59.1 Å². The van der Waals surface area contributed by atoms with Crippen LogP contribution in [0.4, 0.5) is 9.52 Å². The standard InChI is InChI=1S/C20H15FN2O2S2/c1-13-19(15-6-9-17(21)10-7-15)22-20(26-13)23-27(24,25)18-11-8-14-4-2-3-5-16(14)12-18/h2-12H,1H3,(H,22,23). The molecule has 0 spiro atoms. The SMILES string of the molecule is Cc1sc(NS(=O)(=O)c2ccc3ccccc3c2)nc1-c1ccc(F)cc1. The lowest BCUT2D eigenvalue weighted by Gasteiger charge is -2.06. The summed E-state index contributed by atoms with van der Waals surface area (Å²) in [6.07, 6.45) is 0. The third-order valence-electron chi connectivity index (χ3n) is 4.17. The van der Waals surface area contributed by atoms with Crippen LogP contribution < -0.4 is 4.72 Å². The molecule has 0 atom stereocenters. The molecule has 0 aliphatic carbocycles. The van der Waals surface area contributed by atoms with Gasteiger partial charge in [0.15, 0.2) is 5.13 Å². The fourth-order valence-corrected chi connectivity index (χ4v) is 4.93. The number of benzene rings is 3. The molecule has 0 fully saturated rings. The van der Waals surface area contributed by atoms with Crippen LogP contribution in [0.3, 0.4) is 0 Å². The summed E-state index contributed by atoms with van der Waals surface area (Å²) in [5.74, 6) is -0.330. The first-order valence-corrected chi connectivity index (χ1v) is 10.5. The monoisotopic (exact) mass is 398 g/mol. The van der Waals surface area contributed by atoms with E-state index in [0.717, 1.165) is 21.2 Å². The Labute approximate surface area is 160 Å². The molecule has 27 heavy (non-hydrogen) atoms. The van der Waals surface area contributed by atoms with Crippen LogP contribution >= 0.6 is 11.3 Å². The first-order chi connectivity index (χ1) is 12.9. The number of aryl methyl sites for hydroxylation is 1. The van der Waals surface area contributed by atoms with Gasteiger partial charge >= 0.3 is 0 Å². The largest absolute Gasteiger partial charge is 0.263 e. The van der Waals surface area contributed by atoms with Gasteiger partial charge in [-0.15, -0.1) is 11.3 Å². The molecular formula is C20H15FN2O2S2. The molecule has 136 valence electrons. The molecule has 0 saturated heterocycles. The average Bonchev–Trinajstić information content (AvgIpc) is 3.01. The van der Waals surface area contributed by atoms with Crippen molar-refractivity contribution in [3.8, 4) is 11.3 Å². The van der Waals surface area contributed by atoms with Gasteiger partial charge in [0.25, 0.3) is 10.0 Å². The third-order valence-corrected chi connectivity index (χ3v) is 6.52. The van der Waals surface area contributed by atoms with Crippen molar-refractivity contribution in [2.24, 2.45) is 0 Å². The molecule has 0 aliphatic rings. The number of nitrogens with one attached hydrogen (secondary N) is 1. The maximum absolute atomic E-state index is 13.1. The van der Waals surface area contributed by atoms with Crippen LogP contribution in [0.2, 0.25) is 0 Å². The lowest BCUT2D eigenvalue weighted by atomic mass is 10.1. The van der Waals surface area contributed by atoms with Crippen LogP contribution in [0.1, 0.15) is 4.88 Å². The van der Waals surface area contributed by atoms with Crippen LogP contribution in [0, 0.1) is 12.7 Å². The van der Waals surface area contributed by atoms with Crippen LogP contribution in [0.5, 0.6) is 0 Å². The molecule has 3 aromatic carbocycles. The average molecular weight is 398 g/mol. The Morgan fingerprint density at radius 1 is 0.963 bits per heavy atom. The summed E-state index contributed by atoms with van der Waals surface area (Å²) < 4.78 is 41.2. The minimum atomic E-state index is -3.76. The van der Waals surface area contributed by atoms with Gasteiger partial charge in [0, 0.05) is 10.4 Å². The van der Waals surface area contributed by atoms with E-state index >= 15 is 0 Å². The molecule has 4 rings (SSSR count). The fraction of sp³-hybridized carbons (Fsp3) is 0.0500. The Kier molecular flexibility index (Phi) is 4.41. The Hall–Kier alpha value is -2.77. The number of halogens is 1. The predicted octanol–water partition coefficient (Wildman–Crippen LogP) is 5.21. The van der Waals surface area contributed by atoms with Crippen molar-refractivity contribution in [2.45, 2.75) is 11.8 Å². The number of hydrogen-bond donors (Lipinski definition) is 1. The van der Waals surface area contributed by atoms with E-state index in [1.54, 1.807) is 30.3 Å². The summed E-state index contributed by atoms with van der Waals surface area (Å²) in [6, 6.07) is 18.5. The minimum Gasteiger partial charge on any atom is -0.255 e. The second kappa shape index (κ2) is 6.75. The van der Waals surface area contributed by atoms with Gasteiger partial charge in [-0.1, -0.05) is 30.3 Å². The van der Waals surface area contributed by atoms with Crippen molar-refractivity contribution >= 4 is 37.3 Å². The van der Waals surface area contributed by atoms with E-state index in [0.29, 0.717) is 5.69 Å². The summed E-state index contributed by atoms with van der Waals surface area (Å²) in [4.78, 5) is 5.41. The molecule has 0 unspecified atom stereocenters. The molecule has 0 saturated carbocycles. The Balaban J connectivity index is 1.66. The van der Waals surface area contributed by atoms with Gasteiger partial charge < -0.3 is 0 Å². The van der Waals surface area contributed by atoms with E-state index in [2.05, 4.69) is 9.71 Å². The summed E-state index contributed by atoms with van der Waals surface area (Å²) >= 11 is 1.24. The number of sulfonamides is 1. The second-order valence-electron chi connectivity index (χ2n) is 6.05. The van der Waals surface area contributed by atoms with Gasteiger partial charge in [-0.05, 0) is 54.1 Å². The maximum Gasteiger partial charge on any atom is 0.263 e. The molecular weight excluding hydrogens is 383 g/mol. The quantitative estimate of drug-likeness (QED) is 0.513. The molecule has 1 N–H and O–H groups in total. The van der Waals surface area contributed by atoms with E-state index < -0.39 is 10.0 Å². The normalized spacial score (nSPS) is 11.6.